The van der Waals surface area contributed by atoms with Crippen molar-refractivity contribution in [2.24, 2.45) is 0 Å². The van der Waals surface area contributed by atoms with Crippen LogP contribution in [0.4, 0.5) is 11.4 Å². The van der Waals surface area contributed by atoms with E-state index in [0.29, 0.717) is 0 Å². The standard InChI is InChI=1S/C66H43NOS/c1-2-19-42(20-3-1)45-21-6-13-31-57(45)67(58-32-18-30-55-64(58)47-23-5-8-25-50(47)65(55)51-26-9-14-33-59(51)68-60-34-15-10-27-52(60)65)44-39-37-43-38-40-56-63(48(43)41-44)46-22-4-7-24-49(46)66(56)53-28-11-16-35-61(53)69-62-36-17-12-29-54(62)66/h1-5,7-20,22-41H,6,21H2. The molecule has 0 N–H and O–H groups in total. The van der Waals surface area contributed by atoms with E-state index in [1.165, 1.54) is 104 Å². The molecule has 0 saturated heterocycles. The minimum Gasteiger partial charge on any atom is -0.457 e. The van der Waals surface area contributed by atoms with Crippen molar-refractivity contribution < 1.29 is 4.74 Å². The first kappa shape index (κ1) is 38.9. The number of para-hydroxylation sites is 2. The maximum atomic E-state index is 6.75. The minimum absolute atomic E-state index is 0.460. The van der Waals surface area contributed by atoms with E-state index in [9.17, 15) is 0 Å². The molecular weight excluding hydrogens is 855 g/mol. The maximum Gasteiger partial charge on any atom is 0.132 e. The molecule has 0 atom stereocenters. The summed E-state index contributed by atoms with van der Waals surface area (Å²) in [6.07, 6.45) is 6.68. The van der Waals surface area contributed by atoms with E-state index in [1.54, 1.807) is 0 Å². The summed E-state index contributed by atoms with van der Waals surface area (Å²) in [4.78, 5) is 5.23. The first-order chi connectivity index (χ1) is 34.2. The largest absolute Gasteiger partial charge is 0.457 e. The van der Waals surface area contributed by atoms with Crippen molar-refractivity contribution >= 4 is 39.5 Å². The number of ether oxygens (including phenoxy) is 1. The van der Waals surface area contributed by atoms with Crippen LogP contribution in [0.25, 0.3) is 38.6 Å². The molecule has 69 heavy (non-hydrogen) atoms. The fraction of sp³-hybridized carbons (Fsp3) is 0.0606. The number of hydrogen-bond acceptors (Lipinski definition) is 3. The third-order valence-corrected chi connectivity index (χ3v) is 16.8. The topological polar surface area (TPSA) is 12.5 Å². The molecule has 2 aliphatic heterocycles. The number of benzene rings is 10. The van der Waals surface area contributed by atoms with Gasteiger partial charge in [-0.05, 0) is 133 Å². The van der Waals surface area contributed by atoms with Crippen LogP contribution in [-0.4, -0.2) is 0 Å². The zero-order chi connectivity index (χ0) is 45.3. The van der Waals surface area contributed by atoms with E-state index >= 15 is 0 Å². The van der Waals surface area contributed by atoms with Crippen molar-refractivity contribution in [1.29, 1.82) is 0 Å². The Kier molecular flexibility index (Phi) is 8.29. The Morgan fingerprint density at radius 1 is 0.435 bits per heavy atom. The van der Waals surface area contributed by atoms with Crippen molar-refractivity contribution in [3.8, 4) is 33.8 Å². The van der Waals surface area contributed by atoms with Crippen molar-refractivity contribution in [1.82, 2.24) is 0 Å². The van der Waals surface area contributed by atoms with Crippen LogP contribution < -0.4 is 9.64 Å². The molecule has 3 heteroatoms. The van der Waals surface area contributed by atoms with Crippen LogP contribution in [0.3, 0.4) is 0 Å². The lowest BCUT2D eigenvalue weighted by atomic mass is 9.66. The lowest BCUT2D eigenvalue weighted by Gasteiger charge is -2.39. The zero-order valence-electron chi connectivity index (χ0n) is 37.7. The zero-order valence-corrected chi connectivity index (χ0v) is 38.5. The molecular formula is C66H43NOS. The average molecular weight is 898 g/mol. The molecule has 0 unspecified atom stereocenters. The molecule has 2 nitrogen and oxygen atoms in total. The van der Waals surface area contributed by atoms with Crippen molar-refractivity contribution in [2.75, 3.05) is 4.90 Å². The number of rotatable bonds is 4. The lowest BCUT2D eigenvalue weighted by molar-refractivity contribution is 0.436. The highest BCUT2D eigenvalue weighted by Crippen LogP contribution is 2.66. The molecule has 15 rings (SSSR count). The minimum atomic E-state index is -0.592. The summed E-state index contributed by atoms with van der Waals surface area (Å²) < 4.78 is 6.75. The van der Waals surface area contributed by atoms with Crippen LogP contribution in [0, 0.1) is 0 Å². The predicted octanol–water partition coefficient (Wildman–Crippen LogP) is 17.0. The van der Waals surface area contributed by atoms with Crippen LogP contribution in [0.1, 0.15) is 62.9 Å². The molecule has 0 bridgehead atoms. The average Bonchev–Trinajstić information content (AvgIpc) is 3.88. The summed E-state index contributed by atoms with van der Waals surface area (Å²) in [7, 11) is 0. The molecule has 0 fully saturated rings. The summed E-state index contributed by atoms with van der Waals surface area (Å²) in [6.45, 7) is 0. The fourth-order valence-corrected chi connectivity index (χ4v) is 14.3. The summed E-state index contributed by atoms with van der Waals surface area (Å²) in [5, 5.41) is 2.48. The van der Waals surface area contributed by atoms with Gasteiger partial charge >= 0.3 is 0 Å². The number of allylic oxidation sites excluding steroid dienone is 3. The Balaban J connectivity index is 1.04. The highest BCUT2D eigenvalue weighted by Gasteiger charge is 2.53. The molecule has 324 valence electrons. The van der Waals surface area contributed by atoms with E-state index < -0.39 is 10.8 Å². The number of nitrogens with zero attached hydrogens (tertiary/aromatic N) is 1. The second-order valence-corrected chi connectivity index (χ2v) is 20.0. The number of anilines is 2. The smallest absolute Gasteiger partial charge is 0.132 e. The SMILES string of the molecule is C1=CC(N(c2ccc3ccc4c(c3c2)-c2ccccc2C42c3ccccc3Sc3ccccc32)c2cccc3c2-c2ccccc2C32c3ccccc3Oc3ccccc32)=C(c2ccccc2)CC1. The van der Waals surface area contributed by atoms with Gasteiger partial charge in [-0.1, -0.05) is 200 Å². The van der Waals surface area contributed by atoms with Gasteiger partial charge in [0.2, 0.25) is 0 Å². The third-order valence-electron chi connectivity index (χ3n) is 15.7. The van der Waals surface area contributed by atoms with Gasteiger partial charge in [-0.15, -0.1) is 0 Å². The van der Waals surface area contributed by atoms with Crippen LogP contribution in [0.15, 0.2) is 252 Å². The lowest BCUT2D eigenvalue weighted by Crippen LogP contribution is -2.32. The quantitative estimate of drug-likeness (QED) is 0.175. The highest BCUT2D eigenvalue weighted by molar-refractivity contribution is 7.99. The number of fused-ring (bicyclic) bond motifs is 20. The molecule has 0 amide bonds. The Morgan fingerprint density at radius 2 is 0.971 bits per heavy atom. The Hall–Kier alpha value is -8.11. The normalized spacial score (nSPS) is 15.6. The van der Waals surface area contributed by atoms with Crippen molar-refractivity contribution in [3.05, 3.63) is 292 Å². The molecule has 0 saturated carbocycles. The molecule has 2 heterocycles. The summed E-state index contributed by atoms with van der Waals surface area (Å²) in [5.74, 6) is 1.79. The van der Waals surface area contributed by atoms with Crippen molar-refractivity contribution in [3.63, 3.8) is 0 Å². The van der Waals surface area contributed by atoms with E-state index in [-0.39, 0.29) is 0 Å². The Morgan fingerprint density at radius 3 is 1.67 bits per heavy atom. The highest BCUT2D eigenvalue weighted by atomic mass is 32.2. The van der Waals surface area contributed by atoms with E-state index in [2.05, 4.69) is 242 Å². The van der Waals surface area contributed by atoms with E-state index in [1.807, 2.05) is 11.8 Å². The van der Waals surface area contributed by atoms with E-state index in [0.717, 1.165) is 35.7 Å². The first-order valence-corrected chi connectivity index (χ1v) is 25.0. The van der Waals surface area contributed by atoms with Gasteiger partial charge in [0, 0.05) is 37.9 Å². The van der Waals surface area contributed by atoms with Crippen LogP contribution in [-0.2, 0) is 10.8 Å². The van der Waals surface area contributed by atoms with Crippen LogP contribution in [0.2, 0.25) is 0 Å². The van der Waals surface area contributed by atoms with Gasteiger partial charge in [0.1, 0.15) is 11.5 Å². The van der Waals surface area contributed by atoms with Gasteiger partial charge in [0.25, 0.3) is 0 Å². The molecule has 3 aliphatic carbocycles. The monoisotopic (exact) mass is 897 g/mol. The molecule has 5 aliphatic rings. The second kappa shape index (κ2) is 14.7. The molecule has 2 spiro atoms. The van der Waals surface area contributed by atoms with Crippen molar-refractivity contribution in [2.45, 2.75) is 33.5 Å². The maximum absolute atomic E-state index is 6.75. The molecule has 10 aromatic carbocycles. The van der Waals surface area contributed by atoms with Gasteiger partial charge < -0.3 is 9.64 Å². The molecule has 0 radical (unpaired) electrons. The predicted molar refractivity (Wildman–Crippen MR) is 283 cm³/mol. The van der Waals surface area contributed by atoms with Gasteiger partial charge in [0.15, 0.2) is 0 Å². The summed E-state index contributed by atoms with van der Waals surface area (Å²) in [5.41, 5.74) is 20.4. The Bertz CT molecular complexity index is 3790. The van der Waals surface area contributed by atoms with Crippen LogP contribution in [0.5, 0.6) is 11.5 Å². The first-order valence-electron chi connectivity index (χ1n) is 24.1. The van der Waals surface area contributed by atoms with Gasteiger partial charge in [-0.2, -0.15) is 0 Å². The van der Waals surface area contributed by atoms with Gasteiger partial charge in [-0.3, -0.25) is 0 Å². The fourth-order valence-electron chi connectivity index (χ4n) is 13.1. The third kappa shape index (κ3) is 5.18. The van der Waals surface area contributed by atoms with E-state index in [4.69, 9.17) is 4.74 Å². The van der Waals surface area contributed by atoms with Gasteiger partial charge in [0.05, 0.1) is 16.5 Å². The van der Waals surface area contributed by atoms with Crippen LogP contribution >= 0.6 is 11.8 Å². The molecule has 0 aromatic heterocycles. The molecule has 10 aromatic rings. The summed E-state index contributed by atoms with van der Waals surface area (Å²) in [6, 6.07) is 83.9. The number of hydrogen-bond donors (Lipinski definition) is 0. The second-order valence-electron chi connectivity index (χ2n) is 18.9. The Labute approximate surface area is 406 Å². The summed E-state index contributed by atoms with van der Waals surface area (Å²) >= 11 is 1.89. The van der Waals surface area contributed by atoms with Gasteiger partial charge in [-0.25, -0.2) is 0 Å².